The molecule has 0 radical (unpaired) electrons. The summed E-state index contributed by atoms with van der Waals surface area (Å²) < 4.78 is 6.93. The summed E-state index contributed by atoms with van der Waals surface area (Å²) in [4.78, 5) is 25.9. The van der Waals surface area contributed by atoms with Crippen molar-refractivity contribution in [1.29, 1.82) is 0 Å². The van der Waals surface area contributed by atoms with Gasteiger partial charge in [-0.05, 0) is 36.4 Å². The first-order valence-electron chi connectivity index (χ1n) is 10.9. The number of benzene rings is 2. The first kappa shape index (κ1) is 22.5. The molecular formula is C24H23ClN6O2S. The maximum Gasteiger partial charge on any atom is 0.233 e. The lowest BCUT2D eigenvalue weighted by atomic mass is 10.2. The molecule has 1 aliphatic heterocycles. The standard InChI is InChI=1S/C24H23ClN6O2S/c1-33-18-8-6-17(7-9-18)29-10-12-30(13-11-29)22(32)15-34-24-19-14-28-31(23(19)26-16-27-24)21-5-3-2-4-20(21)25/h2-9,14,16H,10-13,15H2,1H3. The Hall–Kier alpha value is -3.30. The molecule has 1 fully saturated rings. The molecule has 0 unspecified atom stereocenters. The van der Waals surface area contributed by atoms with Crippen molar-refractivity contribution in [2.45, 2.75) is 5.03 Å². The molecule has 174 valence electrons. The number of rotatable bonds is 6. The van der Waals surface area contributed by atoms with E-state index in [1.165, 1.54) is 18.1 Å². The number of ether oxygens (including phenoxy) is 1. The van der Waals surface area contributed by atoms with Gasteiger partial charge in [0, 0.05) is 31.9 Å². The molecule has 0 N–H and O–H groups in total. The van der Waals surface area contributed by atoms with Crippen LogP contribution in [0, 0.1) is 0 Å². The zero-order valence-corrected chi connectivity index (χ0v) is 20.2. The van der Waals surface area contributed by atoms with Crippen LogP contribution in [0.3, 0.4) is 0 Å². The largest absolute Gasteiger partial charge is 0.497 e. The quantitative estimate of drug-likeness (QED) is 0.297. The zero-order chi connectivity index (χ0) is 23.5. The van der Waals surface area contributed by atoms with E-state index < -0.39 is 0 Å². The molecule has 8 nitrogen and oxygen atoms in total. The molecular weight excluding hydrogens is 472 g/mol. The second kappa shape index (κ2) is 9.90. The van der Waals surface area contributed by atoms with Gasteiger partial charge in [0.05, 0.1) is 35.2 Å². The van der Waals surface area contributed by atoms with Gasteiger partial charge in [-0.25, -0.2) is 14.6 Å². The molecule has 1 amide bonds. The van der Waals surface area contributed by atoms with E-state index in [4.69, 9.17) is 16.3 Å². The van der Waals surface area contributed by atoms with Crippen molar-refractivity contribution in [3.63, 3.8) is 0 Å². The predicted molar refractivity (Wildman–Crippen MR) is 134 cm³/mol. The van der Waals surface area contributed by atoms with Gasteiger partial charge in [-0.15, -0.1) is 0 Å². The summed E-state index contributed by atoms with van der Waals surface area (Å²) in [6, 6.07) is 15.5. The van der Waals surface area contributed by atoms with E-state index in [-0.39, 0.29) is 5.91 Å². The number of para-hydroxylation sites is 1. The summed E-state index contributed by atoms with van der Waals surface area (Å²) in [6.45, 7) is 2.97. The Labute approximate surface area is 206 Å². The average Bonchev–Trinajstić information content (AvgIpc) is 3.32. The van der Waals surface area contributed by atoms with Gasteiger partial charge in [0.2, 0.25) is 5.91 Å². The van der Waals surface area contributed by atoms with Gasteiger partial charge in [-0.1, -0.05) is 35.5 Å². The highest BCUT2D eigenvalue weighted by molar-refractivity contribution is 8.00. The van der Waals surface area contributed by atoms with E-state index in [1.54, 1.807) is 18.0 Å². The zero-order valence-electron chi connectivity index (χ0n) is 18.6. The number of anilines is 1. The van der Waals surface area contributed by atoms with Gasteiger partial charge >= 0.3 is 0 Å². The van der Waals surface area contributed by atoms with Crippen LogP contribution in [-0.4, -0.2) is 69.6 Å². The molecule has 0 spiro atoms. The smallest absolute Gasteiger partial charge is 0.233 e. The third kappa shape index (κ3) is 4.53. The number of hydrogen-bond acceptors (Lipinski definition) is 7. The normalized spacial score (nSPS) is 13.9. The fourth-order valence-corrected chi connectivity index (χ4v) is 5.05. The van der Waals surface area contributed by atoms with Crippen LogP contribution < -0.4 is 9.64 Å². The molecule has 0 bridgehead atoms. The molecule has 1 aliphatic rings. The summed E-state index contributed by atoms with van der Waals surface area (Å²) in [5.41, 5.74) is 2.55. The minimum atomic E-state index is 0.102. The van der Waals surface area contributed by atoms with E-state index in [0.29, 0.717) is 29.5 Å². The summed E-state index contributed by atoms with van der Waals surface area (Å²) in [5.74, 6) is 1.25. The molecule has 5 rings (SSSR count). The second-order valence-corrected chi connectivity index (χ2v) is 9.15. The van der Waals surface area contributed by atoms with Crippen LogP contribution in [0.2, 0.25) is 5.02 Å². The lowest BCUT2D eigenvalue weighted by molar-refractivity contribution is -0.128. The Balaban J connectivity index is 1.22. The number of carbonyl (C=O) groups excluding carboxylic acids is 1. The number of hydrogen-bond donors (Lipinski definition) is 0. The minimum absolute atomic E-state index is 0.102. The molecule has 2 aromatic heterocycles. The summed E-state index contributed by atoms with van der Waals surface area (Å²) in [6.07, 6.45) is 3.22. The lowest BCUT2D eigenvalue weighted by Gasteiger charge is -2.36. The first-order chi connectivity index (χ1) is 16.6. The molecule has 0 saturated carbocycles. The van der Waals surface area contributed by atoms with Crippen molar-refractivity contribution in [1.82, 2.24) is 24.6 Å². The highest BCUT2D eigenvalue weighted by atomic mass is 35.5. The Kier molecular flexibility index (Phi) is 6.55. The van der Waals surface area contributed by atoms with Crippen molar-refractivity contribution in [2.75, 3.05) is 43.9 Å². The van der Waals surface area contributed by atoms with Crippen LogP contribution in [0.1, 0.15) is 0 Å². The fourth-order valence-electron chi connectivity index (χ4n) is 3.97. The lowest BCUT2D eigenvalue weighted by Crippen LogP contribution is -2.49. The summed E-state index contributed by atoms with van der Waals surface area (Å²) in [5, 5.41) is 6.57. The van der Waals surface area contributed by atoms with Gasteiger partial charge in [-0.3, -0.25) is 4.79 Å². The maximum atomic E-state index is 12.9. The topological polar surface area (TPSA) is 76.4 Å². The van der Waals surface area contributed by atoms with Crippen molar-refractivity contribution >= 4 is 46.0 Å². The molecule has 3 heterocycles. The van der Waals surface area contributed by atoms with E-state index in [1.807, 2.05) is 41.3 Å². The number of piperazine rings is 1. The van der Waals surface area contributed by atoms with Crippen molar-refractivity contribution in [3.05, 3.63) is 66.1 Å². The van der Waals surface area contributed by atoms with Gasteiger partial charge in [0.1, 0.15) is 17.1 Å². The molecule has 4 aromatic rings. The van der Waals surface area contributed by atoms with Crippen LogP contribution in [0.4, 0.5) is 5.69 Å². The Morgan fingerprint density at radius 3 is 2.56 bits per heavy atom. The number of amides is 1. The SMILES string of the molecule is COc1ccc(N2CCN(C(=O)CSc3ncnc4c3cnn4-c3ccccc3Cl)CC2)cc1. The third-order valence-corrected chi connectivity index (χ3v) is 7.12. The van der Waals surface area contributed by atoms with Crippen LogP contribution in [0.15, 0.2) is 66.1 Å². The number of aromatic nitrogens is 4. The maximum absolute atomic E-state index is 12.9. The van der Waals surface area contributed by atoms with Gasteiger partial charge in [0.25, 0.3) is 0 Å². The highest BCUT2D eigenvalue weighted by Gasteiger charge is 2.22. The predicted octanol–water partition coefficient (Wildman–Crippen LogP) is 3.92. The summed E-state index contributed by atoms with van der Waals surface area (Å²) >= 11 is 7.75. The Morgan fingerprint density at radius 2 is 1.82 bits per heavy atom. The second-order valence-electron chi connectivity index (χ2n) is 7.78. The van der Waals surface area contributed by atoms with Crippen molar-refractivity contribution < 1.29 is 9.53 Å². The molecule has 2 aromatic carbocycles. The van der Waals surface area contributed by atoms with Crippen molar-refractivity contribution in [2.24, 2.45) is 0 Å². The monoisotopic (exact) mass is 494 g/mol. The molecule has 0 atom stereocenters. The van der Waals surface area contributed by atoms with E-state index in [0.717, 1.165) is 40.6 Å². The Bertz CT molecular complexity index is 1300. The van der Waals surface area contributed by atoms with Crippen LogP contribution in [-0.2, 0) is 4.79 Å². The number of fused-ring (bicyclic) bond motifs is 1. The van der Waals surface area contributed by atoms with Gasteiger partial charge < -0.3 is 14.5 Å². The number of nitrogens with zero attached hydrogens (tertiary/aromatic N) is 6. The number of thioether (sulfide) groups is 1. The van der Waals surface area contributed by atoms with E-state index in [9.17, 15) is 4.79 Å². The average molecular weight is 495 g/mol. The third-order valence-electron chi connectivity index (χ3n) is 5.81. The van der Waals surface area contributed by atoms with Crippen LogP contribution in [0.5, 0.6) is 5.75 Å². The summed E-state index contributed by atoms with van der Waals surface area (Å²) in [7, 11) is 1.66. The Morgan fingerprint density at radius 1 is 1.06 bits per heavy atom. The van der Waals surface area contributed by atoms with Gasteiger partial charge in [-0.2, -0.15) is 5.10 Å². The number of halogens is 1. The fraction of sp³-hybridized carbons (Fsp3) is 0.250. The molecule has 10 heteroatoms. The van der Waals surface area contributed by atoms with Gasteiger partial charge in [0.15, 0.2) is 5.65 Å². The number of carbonyl (C=O) groups is 1. The molecule has 34 heavy (non-hydrogen) atoms. The number of methoxy groups -OCH3 is 1. The first-order valence-corrected chi connectivity index (χ1v) is 12.2. The van der Waals surface area contributed by atoms with Crippen molar-refractivity contribution in [3.8, 4) is 11.4 Å². The van der Waals surface area contributed by atoms with E-state index in [2.05, 4.69) is 32.1 Å². The van der Waals surface area contributed by atoms with E-state index >= 15 is 0 Å². The molecule has 1 saturated heterocycles. The van der Waals surface area contributed by atoms with Crippen LogP contribution >= 0.6 is 23.4 Å². The minimum Gasteiger partial charge on any atom is -0.497 e. The highest BCUT2D eigenvalue weighted by Crippen LogP contribution is 2.28. The molecule has 0 aliphatic carbocycles. The van der Waals surface area contributed by atoms with Crippen LogP contribution in [0.25, 0.3) is 16.7 Å².